The molecule has 0 aromatic heterocycles. The van der Waals surface area contributed by atoms with Gasteiger partial charge >= 0.3 is 0 Å². The summed E-state index contributed by atoms with van der Waals surface area (Å²) in [5.74, 6) is 0.468. The van der Waals surface area contributed by atoms with E-state index in [-0.39, 0.29) is 0 Å². The van der Waals surface area contributed by atoms with Gasteiger partial charge in [-0.2, -0.15) is 0 Å². The summed E-state index contributed by atoms with van der Waals surface area (Å²) in [6.07, 6.45) is 7.02. The molecule has 1 unspecified atom stereocenters. The quantitative estimate of drug-likeness (QED) is 0.880. The van der Waals surface area contributed by atoms with Gasteiger partial charge in [-0.15, -0.1) is 0 Å². The molecule has 1 fully saturated rings. The second-order valence-corrected chi connectivity index (χ2v) is 6.41. The Morgan fingerprint density at radius 1 is 1.29 bits per heavy atom. The molecule has 2 heteroatoms. The van der Waals surface area contributed by atoms with Gasteiger partial charge < -0.3 is 5.11 Å². The first-order chi connectivity index (χ1) is 8.08. The van der Waals surface area contributed by atoms with E-state index in [1.54, 1.807) is 0 Å². The van der Waals surface area contributed by atoms with Gasteiger partial charge in [0.25, 0.3) is 0 Å². The van der Waals surface area contributed by atoms with Crippen molar-refractivity contribution in [3.8, 4) is 0 Å². The zero-order valence-corrected chi connectivity index (χ0v) is 12.0. The predicted molar refractivity (Wildman–Crippen MR) is 75.0 cm³/mol. The predicted octanol–water partition coefficient (Wildman–Crippen LogP) is 4.32. The summed E-state index contributed by atoms with van der Waals surface area (Å²) in [5, 5.41) is 10.7. The fraction of sp³-hybridized carbons (Fsp3) is 0.600. The van der Waals surface area contributed by atoms with Gasteiger partial charge in [0.2, 0.25) is 0 Å². The Bertz CT molecular complexity index is 367. The molecule has 0 radical (unpaired) electrons. The van der Waals surface area contributed by atoms with E-state index in [1.807, 2.05) is 19.1 Å². The molecule has 1 aliphatic carbocycles. The van der Waals surface area contributed by atoms with Crippen LogP contribution in [0.25, 0.3) is 0 Å². The van der Waals surface area contributed by atoms with Crippen LogP contribution in [0.15, 0.2) is 28.7 Å². The van der Waals surface area contributed by atoms with Crippen LogP contribution in [-0.2, 0) is 6.42 Å². The van der Waals surface area contributed by atoms with Crippen LogP contribution >= 0.6 is 15.9 Å². The molecule has 1 N–H and O–H groups in total. The van der Waals surface area contributed by atoms with E-state index in [0.29, 0.717) is 5.92 Å². The summed E-state index contributed by atoms with van der Waals surface area (Å²) in [4.78, 5) is 0. The van der Waals surface area contributed by atoms with Crippen LogP contribution in [0.4, 0.5) is 0 Å². The molecule has 94 valence electrons. The van der Waals surface area contributed by atoms with Crippen molar-refractivity contribution in [3.63, 3.8) is 0 Å². The lowest BCUT2D eigenvalue weighted by Gasteiger charge is -2.35. The zero-order valence-electron chi connectivity index (χ0n) is 10.5. The van der Waals surface area contributed by atoms with E-state index in [4.69, 9.17) is 0 Å². The number of hydrogen-bond acceptors (Lipinski definition) is 1. The highest BCUT2D eigenvalue weighted by Crippen LogP contribution is 2.34. The van der Waals surface area contributed by atoms with Crippen molar-refractivity contribution >= 4 is 15.9 Å². The van der Waals surface area contributed by atoms with Crippen molar-refractivity contribution in [2.24, 2.45) is 5.92 Å². The second-order valence-electron chi connectivity index (χ2n) is 5.50. The normalized spacial score (nSPS) is 21.1. The molecule has 17 heavy (non-hydrogen) atoms. The van der Waals surface area contributed by atoms with E-state index in [0.717, 1.165) is 10.9 Å². The van der Waals surface area contributed by atoms with Gasteiger partial charge in [-0.3, -0.25) is 0 Å². The first kappa shape index (κ1) is 13.1. The molecule has 1 aromatic rings. The molecule has 0 bridgehead atoms. The van der Waals surface area contributed by atoms with Gasteiger partial charge in [0.05, 0.1) is 5.60 Å². The minimum Gasteiger partial charge on any atom is -0.390 e. The first-order valence-electron chi connectivity index (χ1n) is 6.55. The van der Waals surface area contributed by atoms with E-state index in [1.165, 1.54) is 37.7 Å². The van der Waals surface area contributed by atoms with E-state index in [2.05, 4.69) is 28.1 Å². The van der Waals surface area contributed by atoms with Crippen LogP contribution in [-0.4, -0.2) is 10.7 Å². The molecule has 1 nitrogen and oxygen atoms in total. The minimum atomic E-state index is -0.554. The van der Waals surface area contributed by atoms with Crippen LogP contribution in [0.1, 0.15) is 44.6 Å². The highest BCUT2D eigenvalue weighted by molar-refractivity contribution is 9.10. The summed E-state index contributed by atoms with van der Waals surface area (Å²) in [5.41, 5.74) is 0.663. The Morgan fingerprint density at radius 2 is 2.00 bits per heavy atom. The lowest BCUT2D eigenvalue weighted by Crippen LogP contribution is -2.38. The van der Waals surface area contributed by atoms with Gasteiger partial charge in [0.1, 0.15) is 0 Å². The van der Waals surface area contributed by atoms with Gasteiger partial charge in [-0.05, 0) is 43.4 Å². The van der Waals surface area contributed by atoms with Gasteiger partial charge in [-0.25, -0.2) is 0 Å². The molecule has 0 saturated heterocycles. The maximum Gasteiger partial charge on any atom is 0.0687 e. The summed E-state index contributed by atoms with van der Waals surface area (Å²) < 4.78 is 1.09. The third-order valence-corrected chi connectivity index (χ3v) is 4.43. The van der Waals surface area contributed by atoms with Crippen molar-refractivity contribution < 1.29 is 5.11 Å². The number of benzene rings is 1. The Kier molecular flexibility index (Phi) is 4.26. The SMILES string of the molecule is CC(O)(Cc1cccc(Br)c1)C1CCCCC1. The average Bonchev–Trinajstić information content (AvgIpc) is 2.29. The van der Waals surface area contributed by atoms with Gasteiger partial charge in [-0.1, -0.05) is 47.3 Å². The maximum atomic E-state index is 10.7. The molecule has 0 spiro atoms. The van der Waals surface area contributed by atoms with Crippen LogP contribution in [0, 0.1) is 5.92 Å². The third kappa shape index (κ3) is 3.56. The molecular formula is C15H21BrO. The molecule has 2 rings (SSSR count). The van der Waals surface area contributed by atoms with Crippen molar-refractivity contribution in [1.82, 2.24) is 0 Å². The molecule has 1 aliphatic rings. The minimum absolute atomic E-state index is 0.468. The summed E-state index contributed by atoms with van der Waals surface area (Å²) in [6, 6.07) is 8.27. The average molecular weight is 297 g/mol. The fourth-order valence-corrected chi connectivity index (χ4v) is 3.38. The molecular weight excluding hydrogens is 276 g/mol. The second kappa shape index (κ2) is 5.53. The fourth-order valence-electron chi connectivity index (χ4n) is 2.93. The molecule has 0 aliphatic heterocycles. The standard InChI is InChI=1S/C15H21BrO/c1-15(17,13-7-3-2-4-8-13)11-12-6-5-9-14(16)10-12/h5-6,9-10,13,17H,2-4,7-8,11H2,1H3. The molecule has 0 heterocycles. The molecule has 1 aromatic carbocycles. The van der Waals surface area contributed by atoms with Gasteiger partial charge in [0, 0.05) is 10.9 Å². The highest BCUT2D eigenvalue weighted by Gasteiger charge is 2.32. The van der Waals surface area contributed by atoms with Crippen molar-refractivity contribution in [2.75, 3.05) is 0 Å². The first-order valence-corrected chi connectivity index (χ1v) is 7.34. The summed E-state index contributed by atoms with van der Waals surface area (Å²) in [6.45, 7) is 2.00. The van der Waals surface area contributed by atoms with Crippen LogP contribution < -0.4 is 0 Å². The maximum absolute atomic E-state index is 10.7. The Morgan fingerprint density at radius 3 is 2.65 bits per heavy atom. The lowest BCUT2D eigenvalue weighted by molar-refractivity contribution is -0.0159. The number of rotatable bonds is 3. The van der Waals surface area contributed by atoms with Crippen LogP contribution in [0.3, 0.4) is 0 Å². The Balaban J connectivity index is 2.05. The monoisotopic (exact) mass is 296 g/mol. The molecule has 1 atom stereocenters. The topological polar surface area (TPSA) is 20.2 Å². The van der Waals surface area contributed by atoms with Crippen LogP contribution in [0.2, 0.25) is 0 Å². The van der Waals surface area contributed by atoms with Gasteiger partial charge in [0.15, 0.2) is 0 Å². The lowest BCUT2D eigenvalue weighted by atomic mass is 9.75. The van der Waals surface area contributed by atoms with Crippen molar-refractivity contribution in [2.45, 2.75) is 51.0 Å². The van der Waals surface area contributed by atoms with Crippen LogP contribution in [0.5, 0.6) is 0 Å². The molecule has 0 amide bonds. The number of halogens is 1. The third-order valence-electron chi connectivity index (χ3n) is 3.94. The largest absolute Gasteiger partial charge is 0.390 e. The Labute approximate surface area is 112 Å². The van der Waals surface area contributed by atoms with Crippen molar-refractivity contribution in [1.29, 1.82) is 0 Å². The summed E-state index contributed by atoms with van der Waals surface area (Å²) in [7, 11) is 0. The number of aliphatic hydroxyl groups is 1. The smallest absolute Gasteiger partial charge is 0.0687 e. The highest BCUT2D eigenvalue weighted by atomic mass is 79.9. The Hall–Kier alpha value is -0.340. The van der Waals surface area contributed by atoms with E-state index in [9.17, 15) is 5.11 Å². The van der Waals surface area contributed by atoms with Crippen molar-refractivity contribution in [3.05, 3.63) is 34.3 Å². The van der Waals surface area contributed by atoms with E-state index < -0.39 is 5.60 Å². The zero-order chi connectivity index (χ0) is 12.3. The molecule has 1 saturated carbocycles. The van der Waals surface area contributed by atoms with E-state index >= 15 is 0 Å². The summed E-state index contributed by atoms with van der Waals surface area (Å²) >= 11 is 3.48. The number of hydrogen-bond donors (Lipinski definition) is 1.